The molecule has 4 heterocycles. The number of benzene rings is 8. The topological polar surface area (TPSA) is 78.7 Å². The van der Waals surface area contributed by atoms with Crippen molar-refractivity contribution in [3.8, 4) is 45.5 Å². The Balaban J connectivity index is 1.15. The molecule has 7 nitrogen and oxygen atoms in total. The van der Waals surface area contributed by atoms with Crippen LogP contribution in [0.5, 0.6) is 0 Å². The Bertz CT molecular complexity index is 3630. The van der Waals surface area contributed by atoms with Gasteiger partial charge in [0, 0.05) is 49.1 Å². The summed E-state index contributed by atoms with van der Waals surface area (Å²) in [6.07, 6.45) is 0. The summed E-state index contributed by atoms with van der Waals surface area (Å²) in [5, 5.41) is 6.56. The fourth-order valence-electron chi connectivity index (χ4n) is 8.69. The summed E-state index contributed by atoms with van der Waals surface area (Å²) in [7, 11) is 0. The first-order valence-electron chi connectivity index (χ1n) is 19.6. The van der Waals surface area contributed by atoms with Crippen LogP contribution in [-0.2, 0) is 0 Å². The largest absolute Gasteiger partial charge is 0.422 e. The molecular formula is C52H31N5O2. The maximum atomic E-state index is 13.7. The highest BCUT2D eigenvalue weighted by Crippen LogP contribution is 2.40. The molecule has 0 amide bonds. The van der Waals surface area contributed by atoms with Gasteiger partial charge >= 0.3 is 5.63 Å². The lowest BCUT2D eigenvalue weighted by Crippen LogP contribution is -2.07. The molecule has 4 aromatic heterocycles. The number of hydrogen-bond donors (Lipinski definition) is 0. The fourth-order valence-corrected chi connectivity index (χ4v) is 8.69. The van der Waals surface area contributed by atoms with Gasteiger partial charge in [-0.2, -0.15) is 9.97 Å². The number of para-hydroxylation sites is 3. The Kier molecular flexibility index (Phi) is 7.24. The van der Waals surface area contributed by atoms with E-state index in [1.807, 2.05) is 91.0 Å². The molecule has 0 saturated heterocycles. The first kappa shape index (κ1) is 33.0. The van der Waals surface area contributed by atoms with Gasteiger partial charge in [0.15, 0.2) is 11.6 Å². The molecule has 59 heavy (non-hydrogen) atoms. The molecule has 0 atom stereocenters. The first-order valence-corrected chi connectivity index (χ1v) is 19.6. The van der Waals surface area contributed by atoms with E-state index in [0.29, 0.717) is 28.6 Å². The highest BCUT2D eigenvalue weighted by molar-refractivity contribution is 6.18. The number of hydrogen-bond acceptors (Lipinski definition) is 5. The van der Waals surface area contributed by atoms with Gasteiger partial charge in [-0.3, -0.25) is 4.57 Å². The van der Waals surface area contributed by atoms with Crippen molar-refractivity contribution < 1.29 is 4.42 Å². The molecule has 0 radical (unpaired) electrons. The van der Waals surface area contributed by atoms with Crippen LogP contribution in [0.4, 0.5) is 0 Å². The van der Waals surface area contributed by atoms with Gasteiger partial charge in [0.25, 0.3) is 0 Å². The van der Waals surface area contributed by atoms with E-state index in [0.717, 1.165) is 71.6 Å². The van der Waals surface area contributed by atoms with Crippen molar-refractivity contribution in [1.29, 1.82) is 0 Å². The van der Waals surface area contributed by atoms with Crippen LogP contribution in [0.25, 0.3) is 111 Å². The van der Waals surface area contributed by atoms with E-state index in [2.05, 4.69) is 106 Å². The highest BCUT2D eigenvalue weighted by atomic mass is 16.4. The molecule has 7 heteroatoms. The zero-order valence-electron chi connectivity index (χ0n) is 31.5. The van der Waals surface area contributed by atoms with Crippen molar-refractivity contribution in [2.24, 2.45) is 0 Å². The van der Waals surface area contributed by atoms with Crippen molar-refractivity contribution in [2.75, 3.05) is 0 Å². The molecule has 0 aliphatic rings. The number of rotatable bonds is 5. The molecule has 12 rings (SSSR count). The smallest absolute Gasteiger partial charge is 0.344 e. The minimum atomic E-state index is -0.397. The van der Waals surface area contributed by atoms with Gasteiger partial charge in [0.05, 0.1) is 27.5 Å². The molecule has 12 aromatic rings. The summed E-state index contributed by atoms with van der Waals surface area (Å²) in [6.45, 7) is 0. The lowest BCUT2D eigenvalue weighted by Gasteiger charge is -2.11. The standard InChI is InChI=1S/C52H31N5O2/c58-51-43-31-47-42(30-40(43)39-21-11-13-23-48(39)59-51)41-28-34(35-24-26-38-37-20-10-12-22-44(37)56(46(38)29-35)36-18-8-3-9-19-36)25-27-45(41)57(47)52-54-49(32-14-4-1-5-15-32)53-50(55-52)33-16-6-2-7-17-33/h1-31H. The van der Waals surface area contributed by atoms with E-state index >= 15 is 0 Å². The minimum absolute atomic E-state index is 0.397. The molecule has 0 fully saturated rings. The maximum absolute atomic E-state index is 13.7. The third-order valence-corrected chi connectivity index (χ3v) is 11.4. The summed E-state index contributed by atoms with van der Waals surface area (Å²) >= 11 is 0. The van der Waals surface area contributed by atoms with Crippen molar-refractivity contribution >= 4 is 65.4 Å². The minimum Gasteiger partial charge on any atom is -0.422 e. The Morgan fingerprint density at radius 3 is 1.66 bits per heavy atom. The Morgan fingerprint density at radius 1 is 0.356 bits per heavy atom. The molecule has 276 valence electrons. The van der Waals surface area contributed by atoms with Gasteiger partial charge < -0.3 is 8.98 Å². The SMILES string of the molecule is O=c1oc2ccccc2c2cc3c4cc(-c5ccc6c7ccccc7n(-c7ccccc7)c6c5)ccc4n(-c4nc(-c5ccccc5)nc(-c5ccccc5)n4)c3cc12. The molecule has 0 aliphatic heterocycles. The van der Waals surface area contributed by atoms with Crippen LogP contribution in [0.15, 0.2) is 197 Å². The Hall–Kier alpha value is -8.16. The lowest BCUT2D eigenvalue weighted by molar-refractivity contribution is 0.570. The lowest BCUT2D eigenvalue weighted by atomic mass is 10.00. The van der Waals surface area contributed by atoms with Crippen molar-refractivity contribution in [3.63, 3.8) is 0 Å². The summed E-state index contributed by atoms with van der Waals surface area (Å²) in [4.78, 5) is 28.9. The predicted molar refractivity (Wildman–Crippen MR) is 238 cm³/mol. The van der Waals surface area contributed by atoms with E-state index in [9.17, 15) is 4.79 Å². The van der Waals surface area contributed by atoms with Crippen LogP contribution in [0.3, 0.4) is 0 Å². The second kappa shape index (κ2) is 12.9. The molecule has 0 N–H and O–H groups in total. The van der Waals surface area contributed by atoms with E-state index in [1.54, 1.807) is 0 Å². The van der Waals surface area contributed by atoms with Crippen LogP contribution in [-0.4, -0.2) is 24.1 Å². The van der Waals surface area contributed by atoms with Crippen LogP contribution >= 0.6 is 0 Å². The molecule has 0 bridgehead atoms. The van der Waals surface area contributed by atoms with Crippen LogP contribution in [0.2, 0.25) is 0 Å². The van der Waals surface area contributed by atoms with Crippen molar-refractivity contribution in [1.82, 2.24) is 24.1 Å². The van der Waals surface area contributed by atoms with Crippen LogP contribution in [0.1, 0.15) is 0 Å². The van der Waals surface area contributed by atoms with Gasteiger partial charge in [-0.25, -0.2) is 9.78 Å². The van der Waals surface area contributed by atoms with E-state index in [-0.39, 0.29) is 0 Å². The predicted octanol–water partition coefficient (Wildman–Crippen LogP) is 12.3. The molecule has 0 spiro atoms. The van der Waals surface area contributed by atoms with E-state index in [1.165, 1.54) is 10.8 Å². The average Bonchev–Trinajstić information content (AvgIpc) is 3.81. The Morgan fingerprint density at radius 2 is 0.915 bits per heavy atom. The third kappa shape index (κ3) is 5.22. The van der Waals surface area contributed by atoms with Gasteiger partial charge in [0.1, 0.15) is 5.58 Å². The monoisotopic (exact) mass is 757 g/mol. The summed E-state index contributed by atoms with van der Waals surface area (Å²) in [5.74, 6) is 1.55. The quantitative estimate of drug-likeness (QED) is 0.129. The molecule has 8 aromatic carbocycles. The number of aromatic nitrogens is 5. The average molecular weight is 758 g/mol. The number of nitrogens with zero attached hydrogens (tertiary/aromatic N) is 5. The van der Waals surface area contributed by atoms with Crippen molar-refractivity contribution in [2.45, 2.75) is 0 Å². The second-order valence-corrected chi connectivity index (χ2v) is 14.8. The maximum Gasteiger partial charge on any atom is 0.344 e. The van der Waals surface area contributed by atoms with Crippen molar-refractivity contribution in [3.05, 3.63) is 198 Å². The molecule has 0 saturated carbocycles. The van der Waals surface area contributed by atoms with Gasteiger partial charge in [0.2, 0.25) is 5.95 Å². The number of fused-ring (bicyclic) bond motifs is 9. The Labute approximate surface area is 336 Å². The first-order chi connectivity index (χ1) is 29.2. The van der Waals surface area contributed by atoms with Crippen LogP contribution < -0.4 is 5.63 Å². The summed E-state index contributed by atoms with van der Waals surface area (Å²) in [6, 6.07) is 64.1. The second-order valence-electron chi connectivity index (χ2n) is 14.8. The normalized spacial score (nSPS) is 11.8. The summed E-state index contributed by atoms with van der Waals surface area (Å²) < 4.78 is 10.3. The fraction of sp³-hybridized carbons (Fsp3) is 0. The van der Waals surface area contributed by atoms with Gasteiger partial charge in [-0.15, -0.1) is 0 Å². The van der Waals surface area contributed by atoms with E-state index in [4.69, 9.17) is 19.4 Å². The third-order valence-electron chi connectivity index (χ3n) is 11.4. The molecular weight excluding hydrogens is 727 g/mol. The van der Waals surface area contributed by atoms with Gasteiger partial charge in [-0.05, 0) is 65.7 Å². The summed E-state index contributed by atoms with van der Waals surface area (Å²) in [5.41, 5.74) is 9.14. The van der Waals surface area contributed by atoms with E-state index < -0.39 is 5.63 Å². The van der Waals surface area contributed by atoms with Gasteiger partial charge in [-0.1, -0.05) is 133 Å². The van der Waals surface area contributed by atoms with Crippen LogP contribution in [0, 0.1) is 0 Å². The zero-order chi connectivity index (χ0) is 39.0. The highest BCUT2D eigenvalue weighted by Gasteiger charge is 2.21. The zero-order valence-corrected chi connectivity index (χ0v) is 31.5. The molecule has 0 aliphatic carbocycles. The molecule has 0 unspecified atom stereocenters.